The number of hydrogen-bond acceptors (Lipinski definition) is 0. The molecule has 0 bridgehead atoms. The summed E-state index contributed by atoms with van der Waals surface area (Å²) in [6, 6.07) is 4.39. The highest BCUT2D eigenvalue weighted by Gasteiger charge is 1.97. The van der Waals surface area contributed by atoms with Gasteiger partial charge in [-0.2, -0.15) is 0 Å². The quantitative estimate of drug-likeness (QED) is 0.631. The fraction of sp³-hybridized carbons (Fsp3) is 0.636. The maximum absolute atomic E-state index is 2.37. The molecule has 0 unspecified atom stereocenters. The molecule has 1 aromatic rings. The van der Waals surface area contributed by atoms with E-state index in [4.69, 9.17) is 0 Å². The molecule has 0 N–H and O–H groups in total. The first kappa shape index (κ1) is 9.37. The monoisotopic (exact) mass is 165 g/mol. The average Bonchev–Trinajstić information content (AvgIpc) is 2.50. The van der Waals surface area contributed by atoms with Gasteiger partial charge in [0, 0.05) is 18.4 Å². The first-order chi connectivity index (χ1) is 5.88. The van der Waals surface area contributed by atoms with Crippen LogP contribution in [-0.4, -0.2) is 4.57 Å². The van der Waals surface area contributed by atoms with Crippen LogP contribution in [0, 0.1) is 0 Å². The molecule has 0 spiro atoms. The second-order valence-corrected chi connectivity index (χ2v) is 3.30. The largest absolute Gasteiger partial charge is 0.351 e. The smallest absolute Gasteiger partial charge is 0.0219 e. The molecule has 68 valence electrons. The van der Waals surface area contributed by atoms with Gasteiger partial charge in [0.1, 0.15) is 0 Å². The molecule has 0 atom stereocenters. The molecule has 0 aliphatic carbocycles. The van der Waals surface area contributed by atoms with Crippen LogP contribution < -0.4 is 0 Å². The fourth-order valence-corrected chi connectivity index (χ4v) is 1.49. The van der Waals surface area contributed by atoms with E-state index in [1.165, 1.54) is 37.9 Å². The van der Waals surface area contributed by atoms with Crippen molar-refractivity contribution in [3.05, 3.63) is 24.0 Å². The molecular weight excluding hydrogens is 146 g/mol. The van der Waals surface area contributed by atoms with E-state index in [1.807, 2.05) is 0 Å². The van der Waals surface area contributed by atoms with Gasteiger partial charge >= 0.3 is 0 Å². The van der Waals surface area contributed by atoms with E-state index < -0.39 is 0 Å². The Hall–Kier alpha value is -0.720. The summed E-state index contributed by atoms with van der Waals surface area (Å²) >= 11 is 0. The zero-order valence-electron chi connectivity index (χ0n) is 8.21. The zero-order valence-corrected chi connectivity index (χ0v) is 8.21. The Morgan fingerprint density at radius 1 is 1.25 bits per heavy atom. The van der Waals surface area contributed by atoms with Crippen LogP contribution in [0.4, 0.5) is 0 Å². The molecule has 0 aromatic carbocycles. The summed E-state index contributed by atoms with van der Waals surface area (Å²) in [5, 5.41) is 0. The van der Waals surface area contributed by atoms with Crippen LogP contribution in [-0.2, 0) is 13.0 Å². The van der Waals surface area contributed by atoms with Crippen molar-refractivity contribution < 1.29 is 0 Å². The van der Waals surface area contributed by atoms with Gasteiger partial charge in [0.2, 0.25) is 0 Å². The molecule has 0 radical (unpaired) electrons. The van der Waals surface area contributed by atoms with Gasteiger partial charge in [-0.25, -0.2) is 0 Å². The van der Waals surface area contributed by atoms with Crippen LogP contribution in [0.5, 0.6) is 0 Å². The maximum atomic E-state index is 2.37. The van der Waals surface area contributed by atoms with Crippen LogP contribution in [0.15, 0.2) is 18.3 Å². The van der Waals surface area contributed by atoms with Crippen LogP contribution in [0.1, 0.15) is 38.8 Å². The number of rotatable bonds is 5. The van der Waals surface area contributed by atoms with Crippen molar-refractivity contribution in [1.82, 2.24) is 4.57 Å². The molecule has 1 heteroatoms. The van der Waals surface area contributed by atoms with E-state index in [-0.39, 0.29) is 0 Å². The van der Waals surface area contributed by atoms with Crippen molar-refractivity contribution in [2.75, 3.05) is 0 Å². The molecule has 1 heterocycles. The van der Waals surface area contributed by atoms with Crippen molar-refractivity contribution >= 4 is 0 Å². The molecule has 1 aromatic heterocycles. The maximum Gasteiger partial charge on any atom is 0.0219 e. The van der Waals surface area contributed by atoms with Crippen LogP contribution in [0.25, 0.3) is 0 Å². The fourth-order valence-electron chi connectivity index (χ4n) is 1.49. The van der Waals surface area contributed by atoms with Crippen molar-refractivity contribution in [1.29, 1.82) is 0 Å². The lowest BCUT2D eigenvalue weighted by Gasteiger charge is -2.06. The molecule has 0 aliphatic rings. The standard InChI is InChI=1S/C11H19N/c1-3-5-7-11-8-6-10-12(11)9-4-2/h6,8,10H,3-5,7,9H2,1-2H3. The summed E-state index contributed by atoms with van der Waals surface area (Å²) in [5.41, 5.74) is 1.50. The second kappa shape index (κ2) is 5.02. The first-order valence-corrected chi connectivity index (χ1v) is 5.02. The van der Waals surface area contributed by atoms with Crippen molar-refractivity contribution in [3.8, 4) is 0 Å². The van der Waals surface area contributed by atoms with Gasteiger partial charge in [-0.05, 0) is 31.4 Å². The Kier molecular flexibility index (Phi) is 3.92. The Labute approximate surface area is 75.4 Å². The van der Waals surface area contributed by atoms with Crippen LogP contribution >= 0.6 is 0 Å². The molecule has 1 nitrogen and oxygen atoms in total. The minimum Gasteiger partial charge on any atom is -0.351 e. The van der Waals surface area contributed by atoms with Crippen molar-refractivity contribution in [2.24, 2.45) is 0 Å². The predicted molar refractivity (Wildman–Crippen MR) is 53.3 cm³/mol. The van der Waals surface area contributed by atoms with Crippen molar-refractivity contribution in [3.63, 3.8) is 0 Å². The van der Waals surface area contributed by atoms with Crippen molar-refractivity contribution in [2.45, 2.75) is 46.1 Å². The number of hydrogen-bond donors (Lipinski definition) is 0. The summed E-state index contributed by atoms with van der Waals surface area (Å²) < 4.78 is 2.37. The van der Waals surface area contributed by atoms with Gasteiger partial charge < -0.3 is 4.57 Å². The Balaban J connectivity index is 2.51. The molecule has 0 aliphatic heterocycles. The van der Waals surface area contributed by atoms with E-state index in [0.29, 0.717) is 0 Å². The molecular formula is C11H19N. The minimum absolute atomic E-state index is 1.17. The summed E-state index contributed by atoms with van der Waals surface area (Å²) in [4.78, 5) is 0. The molecule has 0 saturated carbocycles. The number of unbranched alkanes of at least 4 members (excludes halogenated alkanes) is 1. The van der Waals surface area contributed by atoms with E-state index in [0.717, 1.165) is 0 Å². The summed E-state index contributed by atoms with van der Waals surface area (Å²) in [6.45, 7) is 5.64. The van der Waals surface area contributed by atoms with Gasteiger partial charge in [-0.1, -0.05) is 20.3 Å². The molecule has 0 fully saturated rings. The first-order valence-electron chi connectivity index (χ1n) is 5.02. The molecule has 0 saturated heterocycles. The molecule has 1 rings (SSSR count). The highest BCUT2D eigenvalue weighted by atomic mass is 15.0. The second-order valence-electron chi connectivity index (χ2n) is 3.30. The van der Waals surface area contributed by atoms with E-state index in [1.54, 1.807) is 0 Å². The zero-order chi connectivity index (χ0) is 8.81. The van der Waals surface area contributed by atoms with Gasteiger partial charge in [-0.15, -0.1) is 0 Å². The lowest BCUT2D eigenvalue weighted by molar-refractivity contribution is 0.632. The Morgan fingerprint density at radius 3 is 2.75 bits per heavy atom. The highest BCUT2D eigenvalue weighted by Crippen LogP contribution is 2.07. The molecule has 0 amide bonds. The minimum atomic E-state index is 1.17. The third-order valence-electron chi connectivity index (χ3n) is 2.17. The van der Waals surface area contributed by atoms with Gasteiger partial charge in [0.15, 0.2) is 0 Å². The number of aromatic nitrogens is 1. The van der Waals surface area contributed by atoms with E-state index in [9.17, 15) is 0 Å². The summed E-state index contributed by atoms with van der Waals surface area (Å²) in [5.74, 6) is 0. The van der Waals surface area contributed by atoms with Crippen LogP contribution in [0.3, 0.4) is 0 Å². The average molecular weight is 165 g/mol. The number of nitrogens with zero attached hydrogens (tertiary/aromatic N) is 1. The van der Waals surface area contributed by atoms with Gasteiger partial charge in [0.25, 0.3) is 0 Å². The lowest BCUT2D eigenvalue weighted by Crippen LogP contribution is -2.00. The number of aryl methyl sites for hydroxylation is 2. The Morgan fingerprint density at radius 2 is 2.08 bits per heavy atom. The third kappa shape index (κ3) is 2.40. The van der Waals surface area contributed by atoms with E-state index >= 15 is 0 Å². The topological polar surface area (TPSA) is 4.93 Å². The van der Waals surface area contributed by atoms with E-state index in [2.05, 4.69) is 36.7 Å². The lowest BCUT2D eigenvalue weighted by atomic mass is 10.2. The SMILES string of the molecule is CCCCc1cccn1CCC. The summed E-state index contributed by atoms with van der Waals surface area (Å²) in [6.07, 6.45) is 7.26. The Bertz CT molecular complexity index is 213. The highest BCUT2D eigenvalue weighted by molar-refractivity contribution is 5.07. The third-order valence-corrected chi connectivity index (χ3v) is 2.17. The molecule has 12 heavy (non-hydrogen) atoms. The predicted octanol–water partition coefficient (Wildman–Crippen LogP) is 3.24. The van der Waals surface area contributed by atoms with Gasteiger partial charge in [0.05, 0.1) is 0 Å². The van der Waals surface area contributed by atoms with Gasteiger partial charge in [-0.3, -0.25) is 0 Å². The summed E-state index contributed by atoms with van der Waals surface area (Å²) in [7, 11) is 0. The van der Waals surface area contributed by atoms with Crippen LogP contribution in [0.2, 0.25) is 0 Å². The normalized spacial score (nSPS) is 10.5.